The van der Waals surface area contributed by atoms with Gasteiger partial charge in [-0.3, -0.25) is 0 Å². The molecular weight excluding hydrogens is 543 g/mol. The van der Waals surface area contributed by atoms with Crippen LogP contribution in [0, 0.1) is 0 Å². The average molecular weight is 575 g/mol. The van der Waals surface area contributed by atoms with E-state index < -0.39 is 24.1 Å². The Balaban J connectivity index is 2.11. The van der Waals surface area contributed by atoms with Crippen molar-refractivity contribution in [3.05, 3.63) is 81.9 Å². The van der Waals surface area contributed by atoms with Crippen LogP contribution in [0.1, 0.15) is 80.2 Å². The number of fused-ring (bicyclic) bond motifs is 2. The van der Waals surface area contributed by atoms with E-state index in [0.717, 1.165) is 26.9 Å². The van der Waals surface area contributed by atoms with Gasteiger partial charge in [0.2, 0.25) is 0 Å². The molecule has 6 heteroatoms. The first-order chi connectivity index (χ1) is 14.9. The van der Waals surface area contributed by atoms with E-state index in [9.17, 15) is 0 Å². The minimum absolute atomic E-state index is 0.146. The Morgan fingerprint density at radius 3 is 1.45 bits per heavy atom. The van der Waals surface area contributed by atoms with Crippen molar-refractivity contribution in [2.45, 2.75) is 55.3 Å². The number of allylic oxidation sites excluding steroid dienone is 2. The second-order valence-corrected chi connectivity index (χ2v) is 52.1. The van der Waals surface area contributed by atoms with Crippen molar-refractivity contribution in [3.8, 4) is 0 Å². The molecule has 0 saturated carbocycles. The van der Waals surface area contributed by atoms with Crippen LogP contribution >= 0.6 is 17.0 Å². The molecule has 0 heterocycles. The van der Waals surface area contributed by atoms with Gasteiger partial charge in [0.1, 0.15) is 0 Å². The van der Waals surface area contributed by atoms with Crippen molar-refractivity contribution < 1.29 is 26.1 Å². The molecule has 2 unspecified atom stereocenters. The predicted molar refractivity (Wildman–Crippen MR) is 135 cm³/mol. The molecule has 0 aromatic heterocycles. The summed E-state index contributed by atoms with van der Waals surface area (Å²) in [6.07, 6.45) is 6.65. The standard InChI is InChI=1S/2C12H13.CF3.CH3.CH2.2ClH.Zr/c2*1-9(2)11-7-3-5-10-6-4-8-12(10)11;2-1(3)4;;;;;/h2*3-9H,1-2H3;;1H3;1H2;2*1H;/q;;;;;;;+2/p-2. The molecule has 0 radical (unpaired) electrons. The van der Waals surface area contributed by atoms with Crippen molar-refractivity contribution in [3.63, 3.8) is 0 Å². The predicted octanol–water partition coefficient (Wildman–Crippen LogP) is 9.84. The molecule has 33 heavy (non-hydrogen) atoms. The first kappa shape index (κ1) is 25.1. The summed E-state index contributed by atoms with van der Waals surface area (Å²) in [6.45, 7) is 8.10. The maximum absolute atomic E-state index is 15.8. The van der Waals surface area contributed by atoms with Crippen molar-refractivity contribution in [1.29, 1.82) is 0 Å². The Bertz CT molecular complexity index is 1270. The Kier molecular flexibility index (Phi) is 4.89. The molecule has 2 aliphatic rings. The van der Waals surface area contributed by atoms with E-state index in [1.54, 1.807) is 48.6 Å². The quantitative estimate of drug-likeness (QED) is 0.341. The summed E-state index contributed by atoms with van der Waals surface area (Å²) in [6, 6.07) is 11.0. The van der Waals surface area contributed by atoms with E-state index in [0.29, 0.717) is 11.1 Å². The van der Waals surface area contributed by atoms with Crippen LogP contribution in [0.25, 0.3) is 12.2 Å². The molecule has 0 aliphatic heterocycles. The van der Waals surface area contributed by atoms with Gasteiger partial charge in [-0.1, -0.05) is 0 Å². The summed E-state index contributed by atoms with van der Waals surface area (Å²) < 4.78 is 44.9. The number of benzene rings is 2. The fourth-order valence-electron chi connectivity index (χ4n) is 6.06. The number of hydrogen-bond donors (Lipinski definition) is 0. The van der Waals surface area contributed by atoms with Crippen molar-refractivity contribution >= 4 is 33.4 Å². The molecule has 0 saturated heterocycles. The molecule has 2 atom stereocenters. The summed E-state index contributed by atoms with van der Waals surface area (Å²) in [5.41, 5.74) is 4.55. The van der Waals surface area contributed by atoms with Crippen LogP contribution in [0.15, 0.2) is 48.6 Å². The zero-order valence-corrected chi connectivity index (χ0v) is 23.6. The van der Waals surface area contributed by atoms with Crippen LogP contribution in [0.5, 0.6) is 0 Å². The molecule has 2 aliphatic carbocycles. The first-order valence-corrected chi connectivity index (χ1v) is 26.1. The average Bonchev–Trinajstić information content (AvgIpc) is 3.32. The van der Waals surface area contributed by atoms with E-state index in [1.807, 2.05) is 39.8 Å². The van der Waals surface area contributed by atoms with Gasteiger partial charge in [0, 0.05) is 0 Å². The van der Waals surface area contributed by atoms with E-state index in [4.69, 9.17) is 17.0 Å². The molecule has 0 amide bonds. The fraction of sp³-hybridized carbons (Fsp3) is 0.370. The van der Waals surface area contributed by atoms with E-state index in [1.165, 1.54) is 0 Å². The molecule has 0 fully saturated rings. The zero-order valence-electron chi connectivity index (χ0n) is 19.7. The fourth-order valence-corrected chi connectivity index (χ4v) is 23.7. The SMILES string of the molecule is [CH2]=[Zr]([CH3])([Cl])([Cl])([CH]1C=Cc2c(C(C)C)cccc21)([CH]1C=Cc2c(C(C)C)cccc21)[C](F)(F)F. The van der Waals surface area contributed by atoms with Gasteiger partial charge in [0.05, 0.1) is 0 Å². The number of halogens is 5. The molecule has 178 valence electrons. The van der Waals surface area contributed by atoms with E-state index in [2.05, 4.69) is 4.21 Å². The van der Waals surface area contributed by atoms with Crippen LogP contribution in [0.4, 0.5) is 13.2 Å². The third-order valence-electron chi connectivity index (χ3n) is 8.40. The number of hydrogen-bond acceptors (Lipinski definition) is 0. The van der Waals surface area contributed by atoms with Crippen LogP contribution in [-0.4, -0.2) is 8.10 Å². The monoisotopic (exact) mass is 572 g/mol. The van der Waals surface area contributed by atoms with Gasteiger partial charge in [-0.05, 0) is 0 Å². The Hall–Kier alpha value is -0.957. The summed E-state index contributed by atoms with van der Waals surface area (Å²) in [5.74, 6) is 0.292. The van der Waals surface area contributed by atoms with Gasteiger partial charge in [0.25, 0.3) is 0 Å². The van der Waals surface area contributed by atoms with E-state index >= 15 is 13.2 Å². The first-order valence-electron chi connectivity index (χ1n) is 11.5. The Morgan fingerprint density at radius 2 is 1.15 bits per heavy atom. The van der Waals surface area contributed by atoms with E-state index in [-0.39, 0.29) is 11.8 Å². The van der Waals surface area contributed by atoms with Gasteiger partial charge in [-0.15, -0.1) is 0 Å². The molecule has 4 rings (SSSR count). The van der Waals surface area contributed by atoms with Crippen LogP contribution < -0.4 is 0 Å². The second kappa shape index (κ2) is 6.42. The summed E-state index contributed by atoms with van der Waals surface area (Å²) in [5, 5.41) is 0. The molecule has 0 spiro atoms. The van der Waals surface area contributed by atoms with Crippen molar-refractivity contribution in [2.75, 3.05) is 0 Å². The molecule has 0 nitrogen and oxygen atoms in total. The van der Waals surface area contributed by atoms with Gasteiger partial charge < -0.3 is 0 Å². The van der Waals surface area contributed by atoms with Gasteiger partial charge in [-0.2, -0.15) is 0 Å². The maximum atomic E-state index is 15.8. The summed E-state index contributed by atoms with van der Waals surface area (Å²) in [4.78, 5) is 0. The van der Waals surface area contributed by atoms with Crippen molar-refractivity contribution in [2.24, 2.45) is 0 Å². The van der Waals surface area contributed by atoms with Gasteiger partial charge in [-0.25, -0.2) is 0 Å². The zero-order chi connectivity index (χ0) is 24.7. The summed E-state index contributed by atoms with van der Waals surface area (Å²) >= 11 is -8.12. The molecule has 0 N–H and O–H groups in total. The van der Waals surface area contributed by atoms with Gasteiger partial charge >= 0.3 is 197 Å². The Morgan fingerprint density at radius 1 is 0.788 bits per heavy atom. The molecular formula is C27H31Cl2F3Zr. The second-order valence-electron chi connectivity index (χ2n) is 11.7. The summed E-state index contributed by atoms with van der Waals surface area (Å²) in [7, 11) is 14.7. The third-order valence-corrected chi connectivity index (χ3v) is 34.8. The molecule has 2 aromatic rings. The number of alkyl halides is 3. The minimum atomic E-state index is -8.12. The van der Waals surface area contributed by atoms with Crippen LogP contribution in [0.3, 0.4) is 0 Å². The number of rotatable bonds is 4. The topological polar surface area (TPSA) is 0 Å². The van der Waals surface area contributed by atoms with Gasteiger partial charge in [0.15, 0.2) is 0 Å². The normalized spacial score (nSPS) is 23.2. The Labute approximate surface area is 195 Å². The van der Waals surface area contributed by atoms with Crippen LogP contribution in [0.2, 0.25) is 4.63 Å². The third kappa shape index (κ3) is 2.90. The van der Waals surface area contributed by atoms with Crippen LogP contribution in [-0.2, 0) is 12.9 Å². The molecule has 0 bridgehead atoms. The van der Waals surface area contributed by atoms with Crippen molar-refractivity contribution in [1.82, 2.24) is 0 Å². The molecule has 2 aromatic carbocycles.